The van der Waals surface area contributed by atoms with Gasteiger partial charge in [0.25, 0.3) is 5.78 Å². The quantitative estimate of drug-likeness (QED) is 0.371. The molecule has 0 saturated carbocycles. The van der Waals surface area contributed by atoms with Crippen molar-refractivity contribution in [3.8, 4) is 0 Å². The molecule has 0 radical (unpaired) electrons. The van der Waals surface area contributed by atoms with Gasteiger partial charge < -0.3 is 4.74 Å². The molecule has 0 bridgehead atoms. The highest BCUT2D eigenvalue weighted by Gasteiger charge is 2.17. The zero-order valence-electron chi connectivity index (χ0n) is 9.98. The molecular formula is C12H14N2O3. The van der Waals surface area contributed by atoms with Gasteiger partial charge in [-0.3, -0.25) is 10.2 Å². The maximum Gasteiger partial charge on any atom is 0.380 e. The number of ether oxygens (including phenoxy) is 1. The molecule has 0 amide bonds. The van der Waals surface area contributed by atoms with E-state index in [2.05, 4.69) is 15.3 Å². The summed E-state index contributed by atoms with van der Waals surface area (Å²) in [6, 6.07) is 7.48. The van der Waals surface area contributed by atoms with E-state index in [1.165, 1.54) is 6.92 Å². The molecule has 17 heavy (non-hydrogen) atoms. The van der Waals surface area contributed by atoms with Crippen LogP contribution in [0.1, 0.15) is 12.5 Å². The second-order valence-electron chi connectivity index (χ2n) is 3.50. The summed E-state index contributed by atoms with van der Waals surface area (Å²) in [6.45, 7) is 3.42. The number of rotatable bonds is 4. The van der Waals surface area contributed by atoms with Crippen molar-refractivity contribution in [3.63, 3.8) is 0 Å². The van der Waals surface area contributed by atoms with Crippen molar-refractivity contribution < 1.29 is 14.3 Å². The van der Waals surface area contributed by atoms with Crippen LogP contribution in [0.25, 0.3) is 0 Å². The number of carbonyl (C=O) groups excluding carboxylic acids is 2. The molecule has 0 aliphatic carbocycles. The first-order valence-corrected chi connectivity index (χ1v) is 5.04. The Kier molecular flexibility index (Phi) is 4.39. The van der Waals surface area contributed by atoms with Crippen LogP contribution in [0, 0.1) is 6.92 Å². The maximum atomic E-state index is 11.3. The minimum absolute atomic E-state index is 0.0532. The predicted octanol–water partition coefficient (Wildman–Crippen LogP) is 1.52. The van der Waals surface area contributed by atoms with Crippen LogP contribution in [0.2, 0.25) is 0 Å². The highest BCUT2D eigenvalue weighted by molar-refractivity contribution is 6.63. The van der Waals surface area contributed by atoms with Gasteiger partial charge in [-0.2, -0.15) is 5.10 Å². The number of methoxy groups -OCH3 is 1. The minimum Gasteiger partial charge on any atom is -0.463 e. The van der Waals surface area contributed by atoms with E-state index in [0.717, 1.165) is 18.4 Å². The molecule has 1 rings (SSSR count). The third kappa shape index (κ3) is 3.71. The number of nitrogens with zero attached hydrogens (tertiary/aromatic N) is 1. The highest BCUT2D eigenvalue weighted by atomic mass is 16.5. The third-order valence-electron chi connectivity index (χ3n) is 2.10. The fourth-order valence-electron chi connectivity index (χ4n) is 1.07. The Hall–Kier alpha value is -2.17. The number of anilines is 1. The van der Waals surface area contributed by atoms with E-state index in [9.17, 15) is 9.59 Å². The van der Waals surface area contributed by atoms with Gasteiger partial charge in [0.05, 0.1) is 12.8 Å². The Morgan fingerprint density at radius 1 is 1.24 bits per heavy atom. The predicted molar refractivity (Wildman–Crippen MR) is 64.9 cm³/mol. The fourth-order valence-corrected chi connectivity index (χ4v) is 1.07. The Morgan fingerprint density at radius 3 is 2.35 bits per heavy atom. The maximum absolute atomic E-state index is 11.3. The van der Waals surface area contributed by atoms with E-state index in [1.54, 1.807) is 0 Å². The lowest BCUT2D eigenvalue weighted by atomic mass is 10.2. The summed E-state index contributed by atoms with van der Waals surface area (Å²) in [7, 11) is 1.15. The molecule has 0 unspecified atom stereocenters. The Balaban J connectivity index is 2.68. The summed E-state index contributed by atoms with van der Waals surface area (Å²) in [5.41, 5.74) is 4.61. The van der Waals surface area contributed by atoms with Crippen molar-refractivity contribution >= 4 is 23.2 Å². The molecule has 0 spiro atoms. The lowest BCUT2D eigenvalue weighted by Crippen LogP contribution is -2.23. The first-order valence-electron chi connectivity index (χ1n) is 5.04. The van der Waals surface area contributed by atoms with E-state index < -0.39 is 11.8 Å². The van der Waals surface area contributed by atoms with Gasteiger partial charge in [-0.15, -0.1) is 0 Å². The number of hydrogen-bond donors (Lipinski definition) is 1. The van der Waals surface area contributed by atoms with E-state index in [4.69, 9.17) is 0 Å². The Labute approximate surface area is 99.5 Å². The van der Waals surface area contributed by atoms with Crippen LogP contribution >= 0.6 is 0 Å². The third-order valence-corrected chi connectivity index (χ3v) is 2.10. The summed E-state index contributed by atoms with van der Waals surface area (Å²) in [5, 5.41) is 3.81. The smallest absolute Gasteiger partial charge is 0.380 e. The van der Waals surface area contributed by atoms with Gasteiger partial charge >= 0.3 is 5.97 Å². The van der Waals surface area contributed by atoms with Crippen LogP contribution in [0.3, 0.4) is 0 Å². The number of hydrazone groups is 1. The normalized spacial score (nSPS) is 10.9. The van der Waals surface area contributed by atoms with Gasteiger partial charge in [0.1, 0.15) is 5.71 Å². The van der Waals surface area contributed by atoms with Crippen LogP contribution in [0.5, 0.6) is 0 Å². The van der Waals surface area contributed by atoms with Crippen LogP contribution in [0.15, 0.2) is 29.4 Å². The molecule has 0 atom stereocenters. The lowest BCUT2D eigenvalue weighted by Gasteiger charge is -2.02. The number of carbonyl (C=O) groups is 2. The molecule has 0 aromatic heterocycles. The van der Waals surface area contributed by atoms with Gasteiger partial charge in [-0.1, -0.05) is 17.7 Å². The van der Waals surface area contributed by atoms with Crippen LogP contribution in [-0.2, 0) is 14.3 Å². The van der Waals surface area contributed by atoms with E-state index in [1.807, 2.05) is 31.2 Å². The van der Waals surface area contributed by atoms with Crippen molar-refractivity contribution in [1.82, 2.24) is 0 Å². The van der Waals surface area contributed by atoms with Crippen molar-refractivity contribution in [1.29, 1.82) is 0 Å². The second-order valence-corrected chi connectivity index (χ2v) is 3.50. The number of benzene rings is 1. The number of hydrogen-bond acceptors (Lipinski definition) is 5. The number of ketones is 1. The molecule has 5 heteroatoms. The van der Waals surface area contributed by atoms with Crippen LogP contribution in [0.4, 0.5) is 5.69 Å². The molecule has 90 valence electrons. The van der Waals surface area contributed by atoms with Crippen molar-refractivity contribution in [2.45, 2.75) is 13.8 Å². The first-order chi connectivity index (χ1) is 8.04. The van der Waals surface area contributed by atoms with Gasteiger partial charge in [-0.05, 0) is 26.0 Å². The SMILES string of the molecule is COC(=O)C(=O)C(C)=NNc1ccc(C)cc1. The van der Waals surface area contributed by atoms with Crippen molar-refractivity contribution in [2.24, 2.45) is 5.10 Å². The Bertz CT molecular complexity index is 449. The number of nitrogens with one attached hydrogen (secondary N) is 1. The average Bonchev–Trinajstić information content (AvgIpc) is 2.35. The monoisotopic (exact) mass is 234 g/mol. The standard InChI is InChI=1S/C12H14N2O3/c1-8-4-6-10(7-5-8)14-13-9(2)11(15)12(16)17-3/h4-7,14H,1-3H3. The summed E-state index contributed by atoms with van der Waals surface area (Å²) < 4.78 is 4.30. The molecule has 1 aromatic carbocycles. The molecular weight excluding hydrogens is 220 g/mol. The van der Waals surface area contributed by atoms with E-state index in [-0.39, 0.29) is 5.71 Å². The molecule has 0 aliphatic rings. The molecule has 0 fully saturated rings. The zero-order chi connectivity index (χ0) is 12.8. The summed E-state index contributed by atoms with van der Waals surface area (Å²) >= 11 is 0. The summed E-state index contributed by atoms with van der Waals surface area (Å²) in [6.07, 6.45) is 0. The largest absolute Gasteiger partial charge is 0.463 e. The summed E-state index contributed by atoms with van der Waals surface area (Å²) in [5.74, 6) is -1.68. The van der Waals surface area contributed by atoms with E-state index in [0.29, 0.717) is 0 Å². The molecule has 1 N–H and O–H groups in total. The molecule has 1 aromatic rings. The molecule has 0 saturated heterocycles. The molecule has 0 aliphatic heterocycles. The average molecular weight is 234 g/mol. The van der Waals surface area contributed by atoms with Gasteiger partial charge in [-0.25, -0.2) is 4.79 Å². The first kappa shape index (κ1) is 12.9. The lowest BCUT2D eigenvalue weighted by molar-refractivity contribution is -0.148. The number of aryl methyl sites for hydroxylation is 1. The Morgan fingerprint density at radius 2 is 1.82 bits per heavy atom. The van der Waals surface area contributed by atoms with Crippen LogP contribution in [-0.4, -0.2) is 24.6 Å². The second kappa shape index (κ2) is 5.79. The van der Waals surface area contributed by atoms with E-state index >= 15 is 0 Å². The van der Waals surface area contributed by atoms with Gasteiger partial charge in [0, 0.05) is 0 Å². The minimum atomic E-state index is -0.919. The number of Topliss-reactive ketones (excluding diaryl/α,β-unsaturated/α-hetero) is 1. The zero-order valence-corrected chi connectivity index (χ0v) is 9.98. The number of esters is 1. The van der Waals surface area contributed by atoms with Crippen LogP contribution < -0.4 is 5.43 Å². The topological polar surface area (TPSA) is 67.8 Å². The summed E-state index contributed by atoms with van der Waals surface area (Å²) in [4.78, 5) is 22.2. The van der Waals surface area contributed by atoms with Crippen molar-refractivity contribution in [3.05, 3.63) is 29.8 Å². The van der Waals surface area contributed by atoms with Gasteiger partial charge in [0.15, 0.2) is 0 Å². The fraction of sp³-hybridized carbons (Fsp3) is 0.250. The molecule has 5 nitrogen and oxygen atoms in total. The highest BCUT2D eigenvalue weighted by Crippen LogP contribution is 2.08. The van der Waals surface area contributed by atoms with Crippen molar-refractivity contribution in [2.75, 3.05) is 12.5 Å². The molecule has 0 heterocycles. The van der Waals surface area contributed by atoms with Gasteiger partial charge in [0.2, 0.25) is 0 Å².